The van der Waals surface area contributed by atoms with Crippen molar-refractivity contribution in [3.05, 3.63) is 29.8 Å². The molecule has 1 aromatic carbocycles. The second kappa shape index (κ2) is 6.75. The summed E-state index contributed by atoms with van der Waals surface area (Å²) in [7, 11) is 0. The van der Waals surface area contributed by atoms with Crippen LogP contribution in [0.25, 0.3) is 0 Å². The van der Waals surface area contributed by atoms with E-state index in [1.54, 1.807) is 0 Å². The first-order chi connectivity index (χ1) is 9.67. The van der Waals surface area contributed by atoms with Crippen LogP contribution in [0.15, 0.2) is 24.3 Å². The minimum atomic E-state index is -0.164. The maximum atomic E-state index is 12.1. The van der Waals surface area contributed by atoms with Crippen LogP contribution in [-0.2, 0) is 11.2 Å². The topological polar surface area (TPSA) is 64.3 Å². The summed E-state index contributed by atoms with van der Waals surface area (Å²) in [5.74, 6) is 0.896. The van der Waals surface area contributed by atoms with Crippen molar-refractivity contribution in [2.24, 2.45) is 5.73 Å². The molecule has 1 aliphatic rings. The van der Waals surface area contributed by atoms with E-state index in [1.807, 2.05) is 31.2 Å². The predicted octanol–water partition coefficient (Wildman–Crippen LogP) is 2.02. The number of carbonyl (C=O) groups is 1. The fourth-order valence-electron chi connectivity index (χ4n) is 2.83. The maximum Gasteiger partial charge on any atom is 0.224 e. The van der Waals surface area contributed by atoms with E-state index in [9.17, 15) is 4.79 Å². The summed E-state index contributed by atoms with van der Waals surface area (Å²) in [5.41, 5.74) is 6.66. The van der Waals surface area contributed by atoms with E-state index in [4.69, 9.17) is 10.5 Å². The Kier molecular flexibility index (Phi) is 5.01. The van der Waals surface area contributed by atoms with Gasteiger partial charge in [-0.25, -0.2) is 0 Å². The van der Waals surface area contributed by atoms with Crippen LogP contribution >= 0.6 is 0 Å². The van der Waals surface area contributed by atoms with Crippen LogP contribution in [-0.4, -0.2) is 24.6 Å². The predicted molar refractivity (Wildman–Crippen MR) is 79.7 cm³/mol. The molecule has 20 heavy (non-hydrogen) atoms. The smallest absolute Gasteiger partial charge is 0.224 e. The molecular formula is C16H24N2O2. The largest absolute Gasteiger partial charge is 0.494 e. The van der Waals surface area contributed by atoms with Gasteiger partial charge in [-0.1, -0.05) is 25.0 Å². The molecule has 0 bridgehead atoms. The van der Waals surface area contributed by atoms with Crippen LogP contribution < -0.4 is 15.8 Å². The van der Waals surface area contributed by atoms with Gasteiger partial charge < -0.3 is 15.8 Å². The molecule has 1 saturated carbocycles. The second-order valence-corrected chi connectivity index (χ2v) is 5.49. The average molecular weight is 276 g/mol. The van der Waals surface area contributed by atoms with E-state index >= 15 is 0 Å². The fourth-order valence-corrected chi connectivity index (χ4v) is 2.83. The molecule has 0 unspecified atom stereocenters. The van der Waals surface area contributed by atoms with E-state index < -0.39 is 0 Å². The molecule has 0 heterocycles. The first-order valence-corrected chi connectivity index (χ1v) is 7.40. The lowest BCUT2D eigenvalue weighted by atomic mass is 9.97. The number of rotatable bonds is 6. The summed E-state index contributed by atoms with van der Waals surface area (Å²) in [6.07, 6.45) is 4.70. The van der Waals surface area contributed by atoms with Crippen molar-refractivity contribution >= 4 is 5.91 Å². The number of hydrogen-bond donors (Lipinski definition) is 2. The number of hydrogen-bond acceptors (Lipinski definition) is 3. The Bertz CT molecular complexity index is 436. The number of carbonyl (C=O) groups excluding carboxylic acids is 1. The van der Waals surface area contributed by atoms with Gasteiger partial charge in [0, 0.05) is 6.54 Å². The first-order valence-electron chi connectivity index (χ1n) is 7.40. The van der Waals surface area contributed by atoms with Crippen LogP contribution in [0.2, 0.25) is 0 Å². The normalized spacial score (nSPS) is 16.9. The van der Waals surface area contributed by atoms with Crippen LogP contribution in [0.1, 0.15) is 38.2 Å². The number of nitrogens with one attached hydrogen (secondary N) is 1. The quantitative estimate of drug-likeness (QED) is 0.835. The molecule has 0 radical (unpaired) electrons. The fraction of sp³-hybridized carbons (Fsp3) is 0.562. The van der Waals surface area contributed by atoms with Gasteiger partial charge in [0.05, 0.1) is 18.6 Å². The van der Waals surface area contributed by atoms with E-state index in [2.05, 4.69) is 5.32 Å². The Hall–Kier alpha value is -1.55. The number of ether oxygens (including phenoxy) is 1. The van der Waals surface area contributed by atoms with Crippen molar-refractivity contribution in [2.75, 3.05) is 13.2 Å². The number of nitrogens with two attached hydrogens (primary N) is 1. The lowest BCUT2D eigenvalue weighted by molar-refractivity contribution is -0.122. The van der Waals surface area contributed by atoms with E-state index in [1.165, 1.54) is 0 Å². The standard InChI is InChI=1S/C16H24N2O2/c1-2-20-14-7-5-13(6-8-14)11-15(19)18-16(12-17)9-3-4-10-16/h5-8H,2-4,9-12,17H2,1H3,(H,18,19). The van der Waals surface area contributed by atoms with Gasteiger partial charge in [-0.05, 0) is 37.5 Å². The van der Waals surface area contributed by atoms with Crippen molar-refractivity contribution in [2.45, 2.75) is 44.6 Å². The van der Waals surface area contributed by atoms with Gasteiger partial charge in [-0.2, -0.15) is 0 Å². The molecule has 3 N–H and O–H groups in total. The second-order valence-electron chi connectivity index (χ2n) is 5.49. The zero-order valence-electron chi connectivity index (χ0n) is 12.2. The van der Waals surface area contributed by atoms with Gasteiger partial charge in [0.2, 0.25) is 5.91 Å². The Balaban J connectivity index is 1.90. The molecule has 2 rings (SSSR count). The molecule has 1 amide bonds. The van der Waals surface area contributed by atoms with Crippen molar-refractivity contribution in [1.82, 2.24) is 5.32 Å². The minimum absolute atomic E-state index is 0.0570. The van der Waals surface area contributed by atoms with Crippen LogP contribution in [0.4, 0.5) is 0 Å². The summed E-state index contributed by atoms with van der Waals surface area (Å²) in [6.45, 7) is 3.14. The highest BCUT2D eigenvalue weighted by molar-refractivity contribution is 5.79. The Morgan fingerprint density at radius 1 is 1.30 bits per heavy atom. The molecule has 1 fully saturated rings. The van der Waals surface area contributed by atoms with E-state index in [0.717, 1.165) is 37.0 Å². The third kappa shape index (κ3) is 3.73. The van der Waals surface area contributed by atoms with Gasteiger partial charge >= 0.3 is 0 Å². The Morgan fingerprint density at radius 3 is 2.50 bits per heavy atom. The molecule has 0 saturated heterocycles. The van der Waals surface area contributed by atoms with E-state index in [0.29, 0.717) is 19.6 Å². The first kappa shape index (κ1) is 14.9. The average Bonchev–Trinajstić information content (AvgIpc) is 2.90. The summed E-state index contributed by atoms with van der Waals surface area (Å²) in [5, 5.41) is 3.14. The van der Waals surface area contributed by atoms with Crippen molar-refractivity contribution in [3.8, 4) is 5.75 Å². The molecule has 1 aliphatic carbocycles. The van der Waals surface area contributed by atoms with Gasteiger partial charge in [0.25, 0.3) is 0 Å². The number of amides is 1. The van der Waals surface area contributed by atoms with Gasteiger partial charge in [0.15, 0.2) is 0 Å². The van der Waals surface area contributed by atoms with Crippen molar-refractivity contribution in [3.63, 3.8) is 0 Å². The Morgan fingerprint density at radius 2 is 1.95 bits per heavy atom. The van der Waals surface area contributed by atoms with Crippen molar-refractivity contribution < 1.29 is 9.53 Å². The zero-order chi connectivity index (χ0) is 14.4. The molecule has 0 spiro atoms. The van der Waals surface area contributed by atoms with Crippen LogP contribution in [0.3, 0.4) is 0 Å². The molecular weight excluding hydrogens is 252 g/mol. The summed E-state index contributed by atoms with van der Waals surface area (Å²) in [4.78, 5) is 12.1. The molecule has 110 valence electrons. The highest BCUT2D eigenvalue weighted by Crippen LogP contribution is 2.28. The number of benzene rings is 1. The van der Waals surface area contributed by atoms with Gasteiger partial charge in [0.1, 0.15) is 5.75 Å². The maximum absolute atomic E-state index is 12.1. The summed E-state index contributed by atoms with van der Waals surface area (Å²) < 4.78 is 5.39. The lowest BCUT2D eigenvalue weighted by Gasteiger charge is -2.28. The SMILES string of the molecule is CCOc1ccc(CC(=O)NC2(CN)CCCC2)cc1. The van der Waals surface area contributed by atoms with Crippen LogP contribution in [0.5, 0.6) is 5.75 Å². The lowest BCUT2D eigenvalue weighted by Crippen LogP contribution is -2.52. The molecule has 0 aliphatic heterocycles. The molecule has 0 atom stereocenters. The monoisotopic (exact) mass is 276 g/mol. The summed E-state index contributed by atoms with van der Waals surface area (Å²) in [6, 6.07) is 7.68. The summed E-state index contributed by atoms with van der Waals surface area (Å²) >= 11 is 0. The highest BCUT2D eigenvalue weighted by Gasteiger charge is 2.33. The molecule has 1 aromatic rings. The molecule has 0 aromatic heterocycles. The minimum Gasteiger partial charge on any atom is -0.494 e. The molecule has 4 nitrogen and oxygen atoms in total. The zero-order valence-corrected chi connectivity index (χ0v) is 12.2. The van der Waals surface area contributed by atoms with Crippen molar-refractivity contribution in [1.29, 1.82) is 0 Å². The van der Waals surface area contributed by atoms with E-state index in [-0.39, 0.29) is 11.4 Å². The Labute approximate surface area is 120 Å². The van der Waals surface area contributed by atoms with Crippen LogP contribution in [0, 0.1) is 0 Å². The molecule has 4 heteroatoms. The van der Waals surface area contributed by atoms with Gasteiger partial charge in [-0.15, -0.1) is 0 Å². The third-order valence-electron chi connectivity index (χ3n) is 3.96. The third-order valence-corrected chi connectivity index (χ3v) is 3.96. The van der Waals surface area contributed by atoms with Gasteiger partial charge in [-0.3, -0.25) is 4.79 Å². The highest BCUT2D eigenvalue weighted by atomic mass is 16.5.